The maximum absolute atomic E-state index is 10.00. The van der Waals surface area contributed by atoms with Crippen LogP contribution >= 0.6 is 0 Å². The fourth-order valence-electron chi connectivity index (χ4n) is 2.32. The molecule has 0 saturated carbocycles. The number of aliphatic hydroxyl groups is 1. The van der Waals surface area contributed by atoms with Crippen molar-refractivity contribution in [2.45, 2.75) is 32.8 Å². The molecule has 0 aromatic heterocycles. The molecule has 0 aliphatic heterocycles. The molecule has 1 atom stereocenters. The molecular formula is C20H27N3O2. The van der Waals surface area contributed by atoms with Gasteiger partial charge in [0.1, 0.15) is 18.5 Å². The number of benzene rings is 2. The van der Waals surface area contributed by atoms with Crippen molar-refractivity contribution in [1.29, 1.82) is 0 Å². The van der Waals surface area contributed by atoms with E-state index in [2.05, 4.69) is 30.2 Å². The number of guanidine groups is 1. The molecule has 2 rings (SSSR count). The zero-order valence-electron chi connectivity index (χ0n) is 15.1. The number of aliphatic imine (C=N–C) groups is 1. The van der Waals surface area contributed by atoms with Crippen molar-refractivity contribution in [3.8, 4) is 5.75 Å². The van der Waals surface area contributed by atoms with E-state index >= 15 is 0 Å². The Morgan fingerprint density at radius 3 is 2.68 bits per heavy atom. The third kappa shape index (κ3) is 6.47. The van der Waals surface area contributed by atoms with Crippen molar-refractivity contribution >= 4 is 11.6 Å². The van der Waals surface area contributed by atoms with Gasteiger partial charge in [-0.05, 0) is 48.2 Å². The fourth-order valence-corrected chi connectivity index (χ4v) is 2.32. The van der Waals surface area contributed by atoms with Crippen LogP contribution in [0.1, 0.15) is 30.9 Å². The van der Waals surface area contributed by atoms with E-state index in [1.807, 2.05) is 49.4 Å². The lowest BCUT2D eigenvalue weighted by Crippen LogP contribution is -2.27. The van der Waals surface area contributed by atoms with Crippen LogP contribution in [0.3, 0.4) is 0 Å². The number of rotatable bonds is 7. The number of anilines is 1. The number of aliphatic hydroxyl groups excluding tert-OH is 1. The highest BCUT2D eigenvalue weighted by molar-refractivity contribution is 5.92. The Morgan fingerprint density at radius 2 is 1.96 bits per heavy atom. The van der Waals surface area contributed by atoms with Gasteiger partial charge in [-0.2, -0.15) is 0 Å². The van der Waals surface area contributed by atoms with E-state index in [1.54, 1.807) is 0 Å². The van der Waals surface area contributed by atoms with Crippen molar-refractivity contribution in [2.75, 3.05) is 18.5 Å². The van der Waals surface area contributed by atoms with E-state index < -0.39 is 6.10 Å². The van der Waals surface area contributed by atoms with Crippen molar-refractivity contribution in [1.82, 2.24) is 0 Å². The Kier molecular flexibility index (Phi) is 6.83. The lowest BCUT2D eigenvalue weighted by Gasteiger charge is -2.12. The molecule has 25 heavy (non-hydrogen) atoms. The van der Waals surface area contributed by atoms with Crippen LogP contribution in [0.5, 0.6) is 5.75 Å². The molecule has 0 amide bonds. The number of ether oxygens (including phenoxy) is 1. The largest absolute Gasteiger partial charge is 0.491 e. The Balaban J connectivity index is 1.82. The first-order valence-electron chi connectivity index (χ1n) is 8.48. The molecule has 0 aliphatic rings. The van der Waals surface area contributed by atoms with Crippen LogP contribution in [0.25, 0.3) is 0 Å². The molecule has 0 saturated heterocycles. The van der Waals surface area contributed by atoms with Crippen molar-refractivity contribution in [3.05, 3.63) is 59.7 Å². The normalized spacial score (nSPS) is 12.9. The van der Waals surface area contributed by atoms with Crippen LogP contribution in [0.4, 0.5) is 5.69 Å². The smallest absolute Gasteiger partial charge is 0.193 e. The van der Waals surface area contributed by atoms with Crippen molar-refractivity contribution < 1.29 is 9.84 Å². The summed E-state index contributed by atoms with van der Waals surface area (Å²) in [5.41, 5.74) is 9.12. The molecule has 0 bridgehead atoms. The summed E-state index contributed by atoms with van der Waals surface area (Å²) in [6.07, 6.45) is -0.720. The Morgan fingerprint density at radius 1 is 1.20 bits per heavy atom. The average Bonchev–Trinajstić information content (AvgIpc) is 2.58. The van der Waals surface area contributed by atoms with Gasteiger partial charge in [0.05, 0.1) is 6.54 Å². The first-order chi connectivity index (χ1) is 11.9. The predicted octanol–water partition coefficient (Wildman–Crippen LogP) is 3.28. The third-order valence-corrected chi connectivity index (χ3v) is 3.73. The molecular weight excluding hydrogens is 314 g/mol. The maximum atomic E-state index is 10.00. The van der Waals surface area contributed by atoms with E-state index in [9.17, 15) is 5.11 Å². The quantitative estimate of drug-likeness (QED) is 0.533. The molecule has 0 fully saturated rings. The number of hydrogen-bond acceptors (Lipinski definition) is 3. The van der Waals surface area contributed by atoms with Crippen LogP contribution in [0, 0.1) is 6.92 Å². The highest BCUT2D eigenvalue weighted by atomic mass is 16.5. The third-order valence-electron chi connectivity index (χ3n) is 3.73. The van der Waals surface area contributed by atoms with Gasteiger partial charge in [-0.1, -0.05) is 38.1 Å². The summed E-state index contributed by atoms with van der Waals surface area (Å²) in [6.45, 7) is 6.62. The van der Waals surface area contributed by atoms with Crippen LogP contribution < -0.4 is 15.8 Å². The molecule has 0 heterocycles. The Bertz CT molecular complexity index is 714. The zero-order valence-corrected chi connectivity index (χ0v) is 15.1. The molecule has 0 radical (unpaired) electrons. The lowest BCUT2D eigenvalue weighted by molar-refractivity contribution is 0.114. The first-order valence-corrected chi connectivity index (χ1v) is 8.48. The van der Waals surface area contributed by atoms with Gasteiger partial charge in [0, 0.05) is 5.69 Å². The molecule has 134 valence electrons. The molecule has 2 aromatic carbocycles. The van der Waals surface area contributed by atoms with E-state index in [0.29, 0.717) is 5.92 Å². The monoisotopic (exact) mass is 341 g/mol. The Labute approximate surface area is 149 Å². The Hall–Kier alpha value is -2.53. The second-order valence-corrected chi connectivity index (χ2v) is 6.41. The van der Waals surface area contributed by atoms with Crippen LogP contribution in [0.2, 0.25) is 0 Å². The minimum absolute atomic E-state index is 0.170. The summed E-state index contributed by atoms with van der Waals surface area (Å²) < 4.78 is 5.56. The van der Waals surface area contributed by atoms with Gasteiger partial charge in [0.15, 0.2) is 5.96 Å². The van der Waals surface area contributed by atoms with E-state index in [4.69, 9.17) is 10.5 Å². The fraction of sp³-hybridized carbons (Fsp3) is 0.350. The predicted molar refractivity (Wildman–Crippen MR) is 103 cm³/mol. The molecule has 0 aliphatic carbocycles. The molecule has 0 spiro atoms. The second kappa shape index (κ2) is 9.08. The highest BCUT2D eigenvalue weighted by Gasteiger charge is 2.06. The number of hydrogen-bond donors (Lipinski definition) is 3. The number of nitrogens with two attached hydrogens (primary N) is 1. The molecule has 5 nitrogen and oxygen atoms in total. The lowest BCUT2D eigenvalue weighted by atomic mass is 10.0. The van der Waals surface area contributed by atoms with Crippen molar-refractivity contribution in [2.24, 2.45) is 10.7 Å². The highest BCUT2D eigenvalue weighted by Crippen LogP contribution is 2.18. The van der Waals surface area contributed by atoms with E-state index in [0.717, 1.165) is 17.0 Å². The minimum atomic E-state index is -0.720. The van der Waals surface area contributed by atoms with Gasteiger partial charge in [-0.15, -0.1) is 0 Å². The van der Waals surface area contributed by atoms with Gasteiger partial charge in [-0.25, -0.2) is 0 Å². The maximum Gasteiger partial charge on any atom is 0.193 e. The van der Waals surface area contributed by atoms with Gasteiger partial charge in [0.2, 0.25) is 0 Å². The summed E-state index contributed by atoms with van der Waals surface area (Å²) in [7, 11) is 0. The van der Waals surface area contributed by atoms with E-state index in [1.165, 1.54) is 5.56 Å². The molecule has 4 N–H and O–H groups in total. The van der Waals surface area contributed by atoms with Gasteiger partial charge < -0.3 is 20.9 Å². The summed E-state index contributed by atoms with van der Waals surface area (Å²) in [6, 6.07) is 15.7. The van der Waals surface area contributed by atoms with Crippen molar-refractivity contribution in [3.63, 3.8) is 0 Å². The molecule has 5 heteroatoms. The average molecular weight is 341 g/mol. The number of aryl methyl sites for hydroxylation is 1. The summed E-state index contributed by atoms with van der Waals surface area (Å²) >= 11 is 0. The van der Waals surface area contributed by atoms with Crippen LogP contribution in [0.15, 0.2) is 53.5 Å². The van der Waals surface area contributed by atoms with E-state index in [-0.39, 0.29) is 19.1 Å². The standard InChI is InChI=1S/C20H27N3O2/c1-14(2)16-7-5-8-17(11-16)23-20(21)22-12-18(24)13-25-19-9-4-6-15(3)10-19/h4-11,14,18,24H,12-13H2,1-3H3,(H3,21,22,23). The zero-order chi connectivity index (χ0) is 18.2. The summed E-state index contributed by atoms with van der Waals surface area (Å²) in [5.74, 6) is 1.45. The number of nitrogens with zero attached hydrogens (tertiary/aromatic N) is 1. The molecule has 2 aromatic rings. The number of nitrogens with one attached hydrogen (secondary N) is 1. The molecule has 1 unspecified atom stereocenters. The topological polar surface area (TPSA) is 79.9 Å². The van der Waals surface area contributed by atoms with Gasteiger partial charge >= 0.3 is 0 Å². The van der Waals surface area contributed by atoms with Crippen LogP contribution in [-0.4, -0.2) is 30.3 Å². The van der Waals surface area contributed by atoms with Gasteiger partial charge in [0.25, 0.3) is 0 Å². The first kappa shape index (κ1) is 18.8. The van der Waals surface area contributed by atoms with Gasteiger partial charge in [-0.3, -0.25) is 4.99 Å². The summed E-state index contributed by atoms with van der Waals surface area (Å²) in [4.78, 5) is 4.18. The summed E-state index contributed by atoms with van der Waals surface area (Å²) in [5, 5.41) is 13.0. The second-order valence-electron chi connectivity index (χ2n) is 6.41. The minimum Gasteiger partial charge on any atom is -0.491 e. The van der Waals surface area contributed by atoms with Crippen LogP contribution in [-0.2, 0) is 0 Å². The SMILES string of the molecule is Cc1cccc(OCC(O)CN=C(N)Nc2cccc(C(C)C)c2)c1.